The molecule has 0 saturated heterocycles. The summed E-state index contributed by atoms with van der Waals surface area (Å²) in [6, 6.07) is 20.8. The van der Waals surface area contributed by atoms with Crippen LogP contribution in [0.3, 0.4) is 0 Å². The van der Waals surface area contributed by atoms with Gasteiger partial charge in [-0.25, -0.2) is 0 Å². The van der Waals surface area contributed by atoms with Crippen LogP contribution in [0.1, 0.15) is 17.5 Å². The Morgan fingerprint density at radius 3 is 2.31 bits per heavy atom. The normalized spacial score (nSPS) is 10.3. The van der Waals surface area contributed by atoms with Gasteiger partial charge in [-0.05, 0) is 49.2 Å². The number of aryl methyl sites for hydroxylation is 2. The van der Waals surface area contributed by atoms with Crippen molar-refractivity contribution in [2.75, 3.05) is 19.5 Å². The minimum Gasteiger partial charge on any atom is -0.493 e. The molecule has 1 amide bonds. The maximum Gasteiger partial charge on any atom is 0.224 e. The first-order valence-electron chi connectivity index (χ1n) is 9.44. The van der Waals surface area contributed by atoms with Crippen LogP contribution in [-0.2, 0) is 11.2 Å². The number of hydrogen-bond acceptors (Lipinski definition) is 4. The van der Waals surface area contributed by atoms with Crippen molar-refractivity contribution in [3.8, 4) is 23.0 Å². The van der Waals surface area contributed by atoms with E-state index in [1.54, 1.807) is 14.2 Å². The van der Waals surface area contributed by atoms with Crippen molar-refractivity contribution in [1.82, 2.24) is 0 Å². The van der Waals surface area contributed by atoms with E-state index in [0.29, 0.717) is 35.8 Å². The average Bonchev–Trinajstić information content (AvgIpc) is 2.74. The fourth-order valence-corrected chi connectivity index (χ4v) is 3.00. The molecule has 3 aromatic rings. The third-order valence-corrected chi connectivity index (χ3v) is 4.52. The van der Waals surface area contributed by atoms with E-state index in [1.807, 2.05) is 73.7 Å². The van der Waals surface area contributed by atoms with E-state index < -0.39 is 0 Å². The molecule has 0 aliphatic rings. The molecule has 3 aromatic carbocycles. The quantitative estimate of drug-likeness (QED) is 0.560. The molecule has 1 N–H and O–H groups in total. The van der Waals surface area contributed by atoms with Crippen LogP contribution >= 0.6 is 0 Å². The maximum absolute atomic E-state index is 12.6. The van der Waals surface area contributed by atoms with Crippen LogP contribution in [0.25, 0.3) is 0 Å². The van der Waals surface area contributed by atoms with E-state index in [0.717, 1.165) is 16.9 Å². The van der Waals surface area contributed by atoms with Crippen LogP contribution in [0.15, 0.2) is 66.7 Å². The Balaban J connectivity index is 1.66. The number of nitrogens with one attached hydrogen (secondary N) is 1. The van der Waals surface area contributed by atoms with Crippen molar-refractivity contribution in [3.63, 3.8) is 0 Å². The monoisotopic (exact) mass is 391 g/mol. The lowest BCUT2D eigenvalue weighted by Gasteiger charge is -2.14. The Morgan fingerprint density at radius 1 is 0.862 bits per heavy atom. The molecule has 5 heteroatoms. The lowest BCUT2D eigenvalue weighted by Crippen LogP contribution is -2.13. The summed E-state index contributed by atoms with van der Waals surface area (Å²) in [5.74, 6) is 2.53. The topological polar surface area (TPSA) is 56.8 Å². The van der Waals surface area contributed by atoms with Crippen molar-refractivity contribution in [1.29, 1.82) is 0 Å². The molecule has 5 nitrogen and oxygen atoms in total. The van der Waals surface area contributed by atoms with Gasteiger partial charge in [-0.15, -0.1) is 0 Å². The highest BCUT2D eigenvalue weighted by Gasteiger charge is 2.13. The highest BCUT2D eigenvalue weighted by molar-refractivity contribution is 5.92. The van der Waals surface area contributed by atoms with Gasteiger partial charge in [0.2, 0.25) is 5.91 Å². The van der Waals surface area contributed by atoms with Crippen LogP contribution in [0.4, 0.5) is 5.69 Å². The minimum atomic E-state index is -0.102. The van der Waals surface area contributed by atoms with Crippen LogP contribution in [0.5, 0.6) is 23.0 Å². The number of benzene rings is 3. The van der Waals surface area contributed by atoms with Crippen LogP contribution < -0.4 is 19.5 Å². The highest BCUT2D eigenvalue weighted by Crippen LogP contribution is 2.32. The van der Waals surface area contributed by atoms with Crippen LogP contribution in [0.2, 0.25) is 0 Å². The van der Waals surface area contributed by atoms with E-state index in [9.17, 15) is 4.79 Å². The molecule has 0 atom stereocenters. The fourth-order valence-electron chi connectivity index (χ4n) is 3.00. The number of anilines is 1. The van der Waals surface area contributed by atoms with Crippen LogP contribution in [-0.4, -0.2) is 20.1 Å². The second-order valence-corrected chi connectivity index (χ2v) is 6.61. The molecule has 3 rings (SSSR count). The lowest BCUT2D eigenvalue weighted by atomic mass is 10.1. The predicted octanol–water partition coefficient (Wildman–Crippen LogP) is 5.38. The SMILES string of the molecule is COc1cccc(CCC(=O)Nc2ccccc2Oc2ccc(C)cc2)c1OC. The molecule has 0 saturated carbocycles. The maximum atomic E-state index is 12.6. The molecule has 0 heterocycles. The second kappa shape index (κ2) is 9.64. The Hall–Kier alpha value is -3.47. The highest BCUT2D eigenvalue weighted by atomic mass is 16.5. The summed E-state index contributed by atoms with van der Waals surface area (Å²) in [5, 5.41) is 2.94. The van der Waals surface area contributed by atoms with Crippen molar-refractivity contribution in [2.45, 2.75) is 19.8 Å². The molecule has 0 bridgehead atoms. The summed E-state index contributed by atoms with van der Waals surface area (Å²) in [6.07, 6.45) is 0.843. The molecule has 0 fully saturated rings. The summed E-state index contributed by atoms with van der Waals surface area (Å²) < 4.78 is 16.7. The molecular weight excluding hydrogens is 366 g/mol. The van der Waals surface area contributed by atoms with Gasteiger partial charge < -0.3 is 19.5 Å². The van der Waals surface area contributed by atoms with Gasteiger partial charge in [0.1, 0.15) is 5.75 Å². The number of ether oxygens (including phenoxy) is 3. The smallest absolute Gasteiger partial charge is 0.224 e. The number of carbonyl (C=O) groups is 1. The molecule has 0 aliphatic carbocycles. The lowest BCUT2D eigenvalue weighted by molar-refractivity contribution is -0.116. The Morgan fingerprint density at radius 2 is 1.59 bits per heavy atom. The third kappa shape index (κ3) is 5.29. The Labute approximate surface area is 171 Å². The summed E-state index contributed by atoms with van der Waals surface area (Å²) in [6.45, 7) is 2.02. The summed E-state index contributed by atoms with van der Waals surface area (Å²) >= 11 is 0. The van der Waals surface area contributed by atoms with Crippen molar-refractivity contribution in [3.05, 3.63) is 77.9 Å². The fraction of sp³-hybridized carbons (Fsp3) is 0.208. The number of hydrogen-bond donors (Lipinski definition) is 1. The Kier molecular flexibility index (Phi) is 6.74. The van der Waals surface area contributed by atoms with Crippen molar-refractivity contribution < 1.29 is 19.0 Å². The number of amides is 1. The van der Waals surface area contributed by atoms with Gasteiger partial charge in [0, 0.05) is 6.42 Å². The molecule has 150 valence electrons. The summed E-state index contributed by atoms with van der Waals surface area (Å²) in [5.41, 5.74) is 2.72. The molecule has 0 spiro atoms. The van der Waals surface area contributed by atoms with E-state index >= 15 is 0 Å². The zero-order valence-corrected chi connectivity index (χ0v) is 16.9. The van der Waals surface area contributed by atoms with Crippen molar-refractivity contribution >= 4 is 11.6 Å². The first kappa shape index (κ1) is 20.3. The summed E-state index contributed by atoms with van der Waals surface area (Å²) in [7, 11) is 3.19. The second-order valence-electron chi connectivity index (χ2n) is 6.61. The first-order valence-corrected chi connectivity index (χ1v) is 9.44. The molecule has 0 radical (unpaired) electrons. The molecular formula is C24H25NO4. The molecule has 0 unspecified atom stereocenters. The zero-order chi connectivity index (χ0) is 20.6. The predicted molar refractivity (Wildman–Crippen MR) is 114 cm³/mol. The number of para-hydroxylation sites is 3. The van der Waals surface area contributed by atoms with Gasteiger partial charge >= 0.3 is 0 Å². The molecule has 0 aliphatic heterocycles. The average molecular weight is 391 g/mol. The number of rotatable bonds is 8. The summed E-state index contributed by atoms with van der Waals surface area (Å²) in [4.78, 5) is 12.6. The Bertz CT molecular complexity index is 967. The van der Waals surface area contributed by atoms with E-state index in [4.69, 9.17) is 14.2 Å². The van der Waals surface area contributed by atoms with Gasteiger partial charge in [0.15, 0.2) is 17.2 Å². The first-order chi connectivity index (χ1) is 14.1. The zero-order valence-electron chi connectivity index (χ0n) is 16.9. The number of methoxy groups -OCH3 is 2. The van der Waals surface area contributed by atoms with E-state index in [-0.39, 0.29) is 5.91 Å². The van der Waals surface area contributed by atoms with Gasteiger partial charge in [0.25, 0.3) is 0 Å². The van der Waals surface area contributed by atoms with Gasteiger partial charge in [0.05, 0.1) is 19.9 Å². The number of carbonyl (C=O) groups excluding carboxylic acids is 1. The van der Waals surface area contributed by atoms with E-state index in [1.165, 1.54) is 0 Å². The minimum absolute atomic E-state index is 0.102. The van der Waals surface area contributed by atoms with Gasteiger partial charge in [-0.3, -0.25) is 4.79 Å². The largest absolute Gasteiger partial charge is 0.493 e. The van der Waals surface area contributed by atoms with E-state index in [2.05, 4.69) is 5.32 Å². The third-order valence-electron chi connectivity index (χ3n) is 4.52. The van der Waals surface area contributed by atoms with Gasteiger partial charge in [-0.2, -0.15) is 0 Å². The molecule has 0 aromatic heterocycles. The van der Waals surface area contributed by atoms with Crippen LogP contribution in [0, 0.1) is 6.92 Å². The van der Waals surface area contributed by atoms with Crippen molar-refractivity contribution in [2.24, 2.45) is 0 Å². The van der Waals surface area contributed by atoms with Gasteiger partial charge in [-0.1, -0.05) is 42.0 Å². The standard InChI is InChI=1S/C24H25NO4/c1-17-11-14-19(15-12-17)29-21-9-5-4-8-20(21)25-23(26)16-13-18-7-6-10-22(27-2)24(18)28-3/h4-12,14-15H,13,16H2,1-3H3,(H,25,26). The molecule has 29 heavy (non-hydrogen) atoms.